The van der Waals surface area contributed by atoms with Crippen molar-refractivity contribution >= 4 is 17.2 Å². The van der Waals surface area contributed by atoms with Gasteiger partial charge in [-0.1, -0.05) is 6.08 Å². The summed E-state index contributed by atoms with van der Waals surface area (Å²) in [6.07, 6.45) is 6.13. The lowest BCUT2D eigenvalue weighted by Gasteiger charge is -2.26. The van der Waals surface area contributed by atoms with E-state index in [0.717, 1.165) is 49.7 Å². The maximum absolute atomic E-state index is 6.17. The van der Waals surface area contributed by atoms with E-state index in [-0.39, 0.29) is 0 Å². The Kier molecular flexibility index (Phi) is 4.01. The van der Waals surface area contributed by atoms with E-state index in [4.69, 9.17) is 10.5 Å². The predicted molar refractivity (Wildman–Crippen MR) is 102 cm³/mol. The standard InChI is InChI=1S/C19H25N5O/c1-12-11-19(2,20)24-18(22-12)23-15-9-14-5-8-25-17(14)16(10-15)13-3-6-21-7-4-13/h3,9-11,21H,4-8,20H2,1-2H3,(H2,22,23,24). The molecule has 0 fully saturated rings. The third kappa shape index (κ3) is 3.41. The van der Waals surface area contributed by atoms with Crippen molar-refractivity contribution in [3.8, 4) is 5.75 Å². The van der Waals surface area contributed by atoms with Crippen molar-refractivity contribution in [3.63, 3.8) is 0 Å². The fraction of sp³-hybridized carbons (Fsp3) is 0.421. The number of nitrogens with two attached hydrogens (primary N) is 1. The van der Waals surface area contributed by atoms with Gasteiger partial charge in [-0.2, -0.15) is 0 Å². The summed E-state index contributed by atoms with van der Waals surface area (Å²) < 4.78 is 5.91. The Morgan fingerprint density at radius 1 is 1.32 bits per heavy atom. The molecule has 5 N–H and O–H groups in total. The zero-order valence-corrected chi connectivity index (χ0v) is 14.8. The monoisotopic (exact) mass is 339 g/mol. The van der Waals surface area contributed by atoms with Crippen LogP contribution < -0.4 is 26.4 Å². The normalized spacial score (nSPS) is 25.2. The van der Waals surface area contributed by atoms with Gasteiger partial charge >= 0.3 is 0 Å². The van der Waals surface area contributed by atoms with Gasteiger partial charge in [-0.05, 0) is 50.6 Å². The minimum absolute atomic E-state index is 0.675. The third-order valence-corrected chi connectivity index (χ3v) is 4.63. The highest BCUT2D eigenvalue weighted by Gasteiger charge is 2.23. The van der Waals surface area contributed by atoms with Gasteiger partial charge in [-0.25, -0.2) is 4.99 Å². The molecule has 0 amide bonds. The number of aliphatic imine (C=N–C) groups is 1. The van der Waals surface area contributed by atoms with Gasteiger partial charge in [0.05, 0.1) is 6.61 Å². The molecule has 0 spiro atoms. The van der Waals surface area contributed by atoms with Crippen molar-refractivity contribution in [1.82, 2.24) is 10.6 Å². The van der Waals surface area contributed by atoms with Crippen molar-refractivity contribution in [2.24, 2.45) is 10.7 Å². The zero-order chi connectivity index (χ0) is 17.4. The quantitative estimate of drug-likeness (QED) is 0.662. The maximum atomic E-state index is 6.17. The van der Waals surface area contributed by atoms with Gasteiger partial charge in [0.15, 0.2) is 0 Å². The Bertz CT molecular complexity index is 791. The van der Waals surface area contributed by atoms with Crippen LogP contribution in [0.5, 0.6) is 5.75 Å². The van der Waals surface area contributed by atoms with Crippen LogP contribution in [0.4, 0.5) is 5.69 Å². The first-order valence-electron chi connectivity index (χ1n) is 8.82. The first-order chi connectivity index (χ1) is 12.0. The Labute approximate surface area is 148 Å². The minimum Gasteiger partial charge on any atom is -0.492 e. The number of nitrogens with zero attached hydrogens (tertiary/aromatic N) is 1. The van der Waals surface area contributed by atoms with E-state index < -0.39 is 5.66 Å². The van der Waals surface area contributed by atoms with Crippen LogP contribution in [0.3, 0.4) is 0 Å². The second-order valence-corrected chi connectivity index (χ2v) is 7.06. The van der Waals surface area contributed by atoms with E-state index in [0.29, 0.717) is 5.96 Å². The fourth-order valence-electron chi connectivity index (χ4n) is 3.64. The molecular formula is C19H25N5O. The van der Waals surface area contributed by atoms with Crippen LogP contribution >= 0.6 is 0 Å². The Hall–Kier alpha value is -2.31. The minimum atomic E-state index is -0.697. The van der Waals surface area contributed by atoms with Gasteiger partial charge in [-0.15, -0.1) is 0 Å². The Morgan fingerprint density at radius 3 is 2.96 bits per heavy atom. The molecule has 6 nitrogen and oxygen atoms in total. The van der Waals surface area contributed by atoms with Gasteiger partial charge in [-0.3, -0.25) is 0 Å². The van der Waals surface area contributed by atoms with Crippen molar-refractivity contribution in [2.45, 2.75) is 32.4 Å². The lowest BCUT2D eigenvalue weighted by molar-refractivity contribution is 0.356. The molecule has 0 saturated heterocycles. The molecule has 3 aliphatic rings. The second-order valence-electron chi connectivity index (χ2n) is 7.06. The number of ether oxygens (including phenoxy) is 1. The van der Waals surface area contributed by atoms with Crippen LogP contribution in [0.2, 0.25) is 0 Å². The number of hydrogen-bond donors (Lipinski definition) is 4. The molecule has 0 saturated carbocycles. The number of nitrogens with one attached hydrogen (secondary N) is 3. The van der Waals surface area contributed by atoms with Gasteiger partial charge in [0, 0.05) is 35.5 Å². The molecule has 0 bridgehead atoms. The zero-order valence-electron chi connectivity index (χ0n) is 14.8. The first kappa shape index (κ1) is 16.2. The van der Waals surface area contributed by atoms with Crippen molar-refractivity contribution < 1.29 is 4.74 Å². The van der Waals surface area contributed by atoms with Crippen LogP contribution in [0.15, 0.2) is 35.0 Å². The summed E-state index contributed by atoms with van der Waals surface area (Å²) in [5, 5.41) is 10.0. The molecule has 3 aliphatic heterocycles. The average Bonchev–Trinajstić information content (AvgIpc) is 3.01. The SMILES string of the molecule is CC1=CC(C)(N)N=C(Nc2cc3c(c(C4=CCNCC4)c2)OCC3)N1. The Morgan fingerprint density at radius 2 is 2.20 bits per heavy atom. The highest BCUT2D eigenvalue weighted by molar-refractivity contribution is 5.96. The lowest BCUT2D eigenvalue weighted by atomic mass is 9.96. The number of anilines is 1. The summed E-state index contributed by atoms with van der Waals surface area (Å²) in [6, 6.07) is 4.31. The first-order valence-corrected chi connectivity index (χ1v) is 8.82. The molecule has 132 valence electrons. The van der Waals surface area contributed by atoms with Crippen LogP contribution in [-0.4, -0.2) is 31.3 Å². The van der Waals surface area contributed by atoms with Gasteiger partial charge < -0.3 is 26.4 Å². The summed E-state index contributed by atoms with van der Waals surface area (Å²) in [7, 11) is 0. The van der Waals surface area contributed by atoms with E-state index in [1.54, 1.807) is 0 Å². The molecule has 0 radical (unpaired) electrons. The molecule has 0 aliphatic carbocycles. The van der Waals surface area contributed by atoms with Gasteiger partial charge in [0.25, 0.3) is 0 Å². The number of allylic oxidation sites excluding steroid dienone is 1. The number of hydrogen-bond acceptors (Lipinski definition) is 6. The largest absolute Gasteiger partial charge is 0.492 e. The third-order valence-electron chi connectivity index (χ3n) is 4.63. The Balaban J connectivity index is 1.67. The number of rotatable bonds is 2. The summed E-state index contributed by atoms with van der Waals surface area (Å²) in [5.74, 6) is 1.71. The van der Waals surface area contributed by atoms with Crippen LogP contribution in [0, 0.1) is 0 Å². The number of fused-ring (bicyclic) bond motifs is 1. The summed E-state index contributed by atoms with van der Waals surface area (Å²) in [6.45, 7) is 6.54. The van der Waals surface area contributed by atoms with E-state index in [2.05, 4.69) is 39.2 Å². The fourth-order valence-corrected chi connectivity index (χ4v) is 3.64. The summed E-state index contributed by atoms with van der Waals surface area (Å²) in [4.78, 5) is 4.54. The van der Waals surface area contributed by atoms with E-state index >= 15 is 0 Å². The second kappa shape index (κ2) is 6.20. The van der Waals surface area contributed by atoms with E-state index in [9.17, 15) is 0 Å². The summed E-state index contributed by atoms with van der Waals surface area (Å²) >= 11 is 0. The molecule has 1 aromatic rings. The highest BCUT2D eigenvalue weighted by atomic mass is 16.5. The van der Waals surface area contributed by atoms with Gasteiger partial charge in [0.1, 0.15) is 11.4 Å². The number of guanidine groups is 1. The molecule has 1 atom stereocenters. The topological polar surface area (TPSA) is 83.7 Å². The molecular weight excluding hydrogens is 314 g/mol. The predicted octanol–water partition coefficient (Wildman–Crippen LogP) is 1.95. The van der Waals surface area contributed by atoms with E-state index in [1.807, 2.05) is 19.9 Å². The molecule has 1 aromatic carbocycles. The molecule has 4 rings (SSSR count). The molecule has 1 unspecified atom stereocenters. The highest BCUT2D eigenvalue weighted by Crippen LogP contribution is 2.38. The molecule has 3 heterocycles. The average molecular weight is 339 g/mol. The van der Waals surface area contributed by atoms with Crippen molar-refractivity contribution in [2.75, 3.05) is 25.0 Å². The number of benzene rings is 1. The lowest BCUT2D eigenvalue weighted by Crippen LogP contribution is -2.43. The summed E-state index contributed by atoms with van der Waals surface area (Å²) in [5.41, 5.74) is 11.3. The smallest absolute Gasteiger partial charge is 0.202 e. The van der Waals surface area contributed by atoms with E-state index in [1.165, 1.54) is 16.7 Å². The molecule has 25 heavy (non-hydrogen) atoms. The van der Waals surface area contributed by atoms with Crippen molar-refractivity contribution in [3.05, 3.63) is 41.1 Å². The van der Waals surface area contributed by atoms with Crippen molar-refractivity contribution in [1.29, 1.82) is 0 Å². The molecule has 6 heteroatoms. The maximum Gasteiger partial charge on any atom is 0.202 e. The van der Waals surface area contributed by atoms with Gasteiger partial charge in [0.2, 0.25) is 5.96 Å². The van der Waals surface area contributed by atoms with Crippen LogP contribution in [0.1, 0.15) is 31.4 Å². The van der Waals surface area contributed by atoms with Crippen LogP contribution in [-0.2, 0) is 6.42 Å². The van der Waals surface area contributed by atoms with Crippen LogP contribution in [0.25, 0.3) is 5.57 Å². The molecule has 0 aromatic heterocycles.